The van der Waals surface area contributed by atoms with Gasteiger partial charge in [-0.15, -0.1) is 0 Å². The van der Waals surface area contributed by atoms with E-state index < -0.39 is 16.0 Å². The highest BCUT2D eigenvalue weighted by Crippen LogP contribution is 2.39. The number of carboxylic acid groups (broad SMARTS) is 1. The number of carbonyl (C=O) groups is 1. The van der Waals surface area contributed by atoms with Gasteiger partial charge in [-0.05, 0) is 65.5 Å². The van der Waals surface area contributed by atoms with Crippen LogP contribution in [0.1, 0.15) is 29.6 Å². The smallest absolute Gasteiger partial charge is 0.336 e. The number of fused-ring (bicyclic) bond motifs is 1. The molecule has 0 spiro atoms. The maximum Gasteiger partial charge on any atom is 0.336 e. The average Bonchev–Trinajstić information content (AvgIpc) is 2.99. The van der Waals surface area contributed by atoms with Crippen LogP contribution in [0.4, 0.5) is 0 Å². The SMILES string of the molecule is O=C(O)c1cc(S(=O)(=O)N2CC3CCCC3C2)ccc1I. The Labute approximate surface area is 137 Å². The molecule has 0 amide bonds. The van der Waals surface area contributed by atoms with Gasteiger partial charge in [-0.3, -0.25) is 0 Å². The number of halogens is 1. The molecular weight excluding hydrogens is 405 g/mol. The molecule has 21 heavy (non-hydrogen) atoms. The van der Waals surface area contributed by atoms with Crippen molar-refractivity contribution in [2.24, 2.45) is 11.8 Å². The van der Waals surface area contributed by atoms with E-state index in [9.17, 15) is 13.2 Å². The van der Waals surface area contributed by atoms with Crippen LogP contribution >= 0.6 is 22.6 Å². The predicted octanol–water partition coefficient (Wildman–Crippen LogP) is 2.41. The molecule has 1 aromatic rings. The highest BCUT2D eigenvalue weighted by molar-refractivity contribution is 14.1. The fraction of sp³-hybridized carbons (Fsp3) is 0.500. The second-order valence-corrected chi connectivity index (χ2v) is 8.82. The summed E-state index contributed by atoms with van der Waals surface area (Å²) in [6.07, 6.45) is 3.39. The topological polar surface area (TPSA) is 74.7 Å². The minimum absolute atomic E-state index is 0.0380. The number of nitrogens with zero attached hydrogens (tertiary/aromatic N) is 1. The molecule has 2 atom stereocenters. The molecule has 2 aliphatic rings. The van der Waals surface area contributed by atoms with E-state index in [4.69, 9.17) is 5.11 Å². The molecule has 1 saturated heterocycles. The maximum absolute atomic E-state index is 12.7. The third-order valence-electron chi connectivity index (χ3n) is 4.50. The van der Waals surface area contributed by atoms with Gasteiger partial charge in [0.05, 0.1) is 10.5 Å². The lowest BCUT2D eigenvalue weighted by molar-refractivity contribution is 0.0695. The van der Waals surface area contributed by atoms with E-state index in [2.05, 4.69) is 0 Å². The van der Waals surface area contributed by atoms with E-state index >= 15 is 0 Å². The number of hydrogen-bond acceptors (Lipinski definition) is 3. The van der Waals surface area contributed by atoms with Crippen molar-refractivity contribution in [1.29, 1.82) is 0 Å². The van der Waals surface area contributed by atoms with Gasteiger partial charge in [0, 0.05) is 16.7 Å². The zero-order chi connectivity index (χ0) is 15.2. The van der Waals surface area contributed by atoms with Gasteiger partial charge in [-0.1, -0.05) is 6.42 Å². The lowest BCUT2D eigenvalue weighted by atomic mass is 10.0. The van der Waals surface area contributed by atoms with Gasteiger partial charge in [0.2, 0.25) is 10.0 Å². The van der Waals surface area contributed by atoms with E-state index in [0.717, 1.165) is 12.8 Å². The number of aromatic carboxylic acids is 1. The molecule has 1 aromatic carbocycles. The lowest BCUT2D eigenvalue weighted by Gasteiger charge is -2.17. The van der Waals surface area contributed by atoms with Crippen molar-refractivity contribution in [2.45, 2.75) is 24.2 Å². The summed E-state index contributed by atoms with van der Waals surface area (Å²) in [5.41, 5.74) is 0.0380. The van der Waals surface area contributed by atoms with Crippen molar-refractivity contribution in [3.63, 3.8) is 0 Å². The highest BCUT2D eigenvalue weighted by Gasteiger charge is 2.41. The summed E-state index contributed by atoms with van der Waals surface area (Å²) in [4.78, 5) is 11.3. The fourth-order valence-electron chi connectivity index (χ4n) is 3.37. The number of rotatable bonds is 3. The Kier molecular flexibility index (Phi) is 4.00. The van der Waals surface area contributed by atoms with Gasteiger partial charge < -0.3 is 5.11 Å². The Hall–Kier alpha value is -0.670. The summed E-state index contributed by atoms with van der Waals surface area (Å²) >= 11 is 1.90. The van der Waals surface area contributed by atoms with Crippen molar-refractivity contribution in [1.82, 2.24) is 4.31 Å². The zero-order valence-electron chi connectivity index (χ0n) is 11.3. The van der Waals surface area contributed by atoms with Crippen LogP contribution < -0.4 is 0 Å². The highest BCUT2D eigenvalue weighted by atomic mass is 127. The average molecular weight is 421 g/mol. The van der Waals surface area contributed by atoms with Gasteiger partial charge in [-0.25, -0.2) is 13.2 Å². The van der Waals surface area contributed by atoms with Crippen LogP contribution in [-0.2, 0) is 10.0 Å². The van der Waals surface area contributed by atoms with Gasteiger partial charge >= 0.3 is 5.97 Å². The third kappa shape index (κ3) is 2.70. The Morgan fingerprint density at radius 1 is 1.24 bits per heavy atom. The molecule has 7 heteroatoms. The Bertz CT molecular complexity index is 676. The molecule has 114 valence electrons. The van der Waals surface area contributed by atoms with Crippen molar-refractivity contribution >= 4 is 38.6 Å². The van der Waals surface area contributed by atoms with Crippen LogP contribution in [0.3, 0.4) is 0 Å². The second kappa shape index (κ2) is 5.51. The van der Waals surface area contributed by atoms with Crippen molar-refractivity contribution < 1.29 is 18.3 Å². The van der Waals surface area contributed by atoms with Crippen molar-refractivity contribution in [2.75, 3.05) is 13.1 Å². The first-order chi connectivity index (χ1) is 9.89. The minimum Gasteiger partial charge on any atom is -0.478 e. The number of sulfonamides is 1. The number of carboxylic acids is 1. The molecule has 1 saturated carbocycles. The van der Waals surface area contributed by atoms with E-state index in [0.29, 0.717) is 28.5 Å². The largest absolute Gasteiger partial charge is 0.478 e. The normalized spacial score (nSPS) is 26.0. The molecule has 0 radical (unpaired) electrons. The monoisotopic (exact) mass is 421 g/mol. The van der Waals surface area contributed by atoms with Crippen molar-refractivity contribution in [3.05, 3.63) is 27.3 Å². The molecule has 5 nitrogen and oxygen atoms in total. The summed E-state index contributed by atoms with van der Waals surface area (Å²) in [5, 5.41) is 9.14. The van der Waals surface area contributed by atoms with Gasteiger partial charge in [0.1, 0.15) is 0 Å². The first-order valence-corrected chi connectivity index (χ1v) is 9.44. The third-order valence-corrected chi connectivity index (χ3v) is 7.27. The van der Waals surface area contributed by atoms with Gasteiger partial charge in [-0.2, -0.15) is 4.31 Å². The Morgan fingerprint density at radius 3 is 2.43 bits per heavy atom. The summed E-state index contributed by atoms with van der Waals surface area (Å²) < 4.78 is 27.4. The van der Waals surface area contributed by atoms with Crippen LogP contribution in [0.5, 0.6) is 0 Å². The fourth-order valence-corrected chi connectivity index (χ4v) is 5.51. The first-order valence-electron chi connectivity index (χ1n) is 6.92. The molecule has 3 rings (SSSR count). The number of hydrogen-bond donors (Lipinski definition) is 1. The van der Waals surface area contributed by atoms with Crippen LogP contribution in [0.25, 0.3) is 0 Å². The molecule has 1 aliphatic carbocycles. The van der Waals surface area contributed by atoms with Crippen LogP contribution in [0.2, 0.25) is 0 Å². The summed E-state index contributed by atoms with van der Waals surface area (Å²) in [7, 11) is -3.59. The molecule has 1 N–H and O–H groups in total. The molecule has 0 aromatic heterocycles. The number of benzene rings is 1. The molecule has 2 unspecified atom stereocenters. The summed E-state index contributed by atoms with van der Waals surface area (Å²) in [6.45, 7) is 1.14. The first kappa shape index (κ1) is 15.2. The van der Waals surface area contributed by atoms with E-state index in [-0.39, 0.29) is 10.5 Å². The summed E-state index contributed by atoms with van der Waals surface area (Å²) in [5.74, 6) is -0.153. The van der Waals surface area contributed by atoms with Gasteiger partial charge in [0.25, 0.3) is 0 Å². The molecule has 1 aliphatic heterocycles. The van der Waals surface area contributed by atoms with Crippen LogP contribution in [0.15, 0.2) is 23.1 Å². The molecule has 0 bridgehead atoms. The summed E-state index contributed by atoms with van der Waals surface area (Å²) in [6, 6.07) is 4.32. The Balaban J connectivity index is 1.92. The lowest BCUT2D eigenvalue weighted by Crippen LogP contribution is -2.29. The van der Waals surface area contributed by atoms with Crippen LogP contribution in [0, 0.1) is 15.4 Å². The zero-order valence-corrected chi connectivity index (χ0v) is 14.3. The van der Waals surface area contributed by atoms with E-state index in [1.54, 1.807) is 6.07 Å². The van der Waals surface area contributed by atoms with E-state index in [1.807, 2.05) is 22.6 Å². The van der Waals surface area contributed by atoms with E-state index in [1.165, 1.54) is 22.9 Å². The predicted molar refractivity (Wildman–Crippen MR) is 85.7 cm³/mol. The van der Waals surface area contributed by atoms with Crippen molar-refractivity contribution in [3.8, 4) is 0 Å². The molecule has 1 heterocycles. The Morgan fingerprint density at radius 2 is 1.86 bits per heavy atom. The molecule has 2 fully saturated rings. The second-order valence-electron chi connectivity index (χ2n) is 5.72. The maximum atomic E-state index is 12.7. The van der Waals surface area contributed by atoms with Crippen LogP contribution in [-0.4, -0.2) is 36.9 Å². The molecular formula is C14H16INO4S. The van der Waals surface area contributed by atoms with Gasteiger partial charge in [0.15, 0.2) is 0 Å². The minimum atomic E-state index is -3.59. The standard InChI is InChI=1S/C14H16INO4S/c15-13-5-4-11(6-12(13)14(17)18)21(19,20)16-7-9-2-1-3-10(9)8-16/h4-6,9-10H,1-3,7-8H2,(H,17,18). The quantitative estimate of drug-likeness (QED) is 0.761.